The van der Waals surface area contributed by atoms with Gasteiger partial charge in [0, 0.05) is 11.5 Å². The maximum atomic E-state index is 12.5. The number of rotatable bonds is 8. The fraction of sp³-hybridized carbons (Fsp3) is 0.231. The molecule has 1 N–H and O–H groups in total. The van der Waals surface area contributed by atoms with Crippen molar-refractivity contribution in [2.24, 2.45) is 11.0 Å². The van der Waals surface area contributed by atoms with Gasteiger partial charge in [-0.2, -0.15) is 5.10 Å². The van der Waals surface area contributed by atoms with Gasteiger partial charge in [-0.1, -0.05) is 60.7 Å². The van der Waals surface area contributed by atoms with Gasteiger partial charge in [-0.3, -0.25) is 4.79 Å². The molecular formula is C26H26N2O3. The van der Waals surface area contributed by atoms with Crippen LogP contribution in [0.25, 0.3) is 0 Å². The number of carbonyl (C=O) groups is 1. The van der Waals surface area contributed by atoms with Crippen molar-refractivity contribution in [1.29, 1.82) is 0 Å². The molecule has 2 unspecified atom stereocenters. The Morgan fingerprint density at radius 1 is 1.00 bits per heavy atom. The van der Waals surface area contributed by atoms with E-state index in [-0.39, 0.29) is 17.7 Å². The second kappa shape index (κ2) is 9.47. The molecule has 2 atom stereocenters. The third-order valence-electron chi connectivity index (χ3n) is 5.51. The minimum atomic E-state index is -0.0389. The topological polar surface area (TPSA) is 59.9 Å². The first-order valence-electron chi connectivity index (χ1n) is 10.4. The molecule has 1 amide bonds. The SMILES string of the molecule is COc1cc(C(C)=NNC(=O)C2CC2c2ccccc2)ccc1OCc1ccccc1. The van der Waals surface area contributed by atoms with Crippen LogP contribution in [0.1, 0.15) is 36.0 Å². The van der Waals surface area contributed by atoms with Crippen molar-refractivity contribution < 1.29 is 14.3 Å². The van der Waals surface area contributed by atoms with Crippen molar-refractivity contribution in [2.75, 3.05) is 7.11 Å². The van der Waals surface area contributed by atoms with E-state index >= 15 is 0 Å². The number of hydrogen-bond donors (Lipinski definition) is 1. The number of nitrogens with one attached hydrogen (secondary N) is 1. The largest absolute Gasteiger partial charge is 0.493 e. The fourth-order valence-electron chi connectivity index (χ4n) is 3.59. The molecule has 5 nitrogen and oxygen atoms in total. The fourth-order valence-corrected chi connectivity index (χ4v) is 3.59. The van der Waals surface area contributed by atoms with Crippen LogP contribution in [0, 0.1) is 5.92 Å². The summed E-state index contributed by atoms with van der Waals surface area (Å²) in [6.07, 6.45) is 0.867. The Balaban J connectivity index is 1.37. The zero-order chi connectivity index (χ0) is 21.6. The number of hydrogen-bond acceptors (Lipinski definition) is 4. The lowest BCUT2D eigenvalue weighted by Gasteiger charge is -2.12. The maximum absolute atomic E-state index is 12.5. The Bertz CT molecular complexity index is 1060. The summed E-state index contributed by atoms with van der Waals surface area (Å²) in [4.78, 5) is 12.5. The van der Waals surface area contributed by atoms with E-state index in [9.17, 15) is 4.79 Å². The predicted molar refractivity (Wildman–Crippen MR) is 121 cm³/mol. The molecule has 1 aliphatic carbocycles. The van der Waals surface area contributed by atoms with E-state index < -0.39 is 0 Å². The van der Waals surface area contributed by atoms with Crippen molar-refractivity contribution in [3.05, 3.63) is 95.6 Å². The molecule has 1 fully saturated rings. The summed E-state index contributed by atoms with van der Waals surface area (Å²) in [6, 6.07) is 25.8. The van der Waals surface area contributed by atoms with Crippen molar-refractivity contribution in [1.82, 2.24) is 5.43 Å². The first kappa shape index (κ1) is 20.7. The average Bonchev–Trinajstić information content (AvgIpc) is 3.63. The molecule has 158 valence electrons. The van der Waals surface area contributed by atoms with Crippen LogP contribution >= 0.6 is 0 Å². The van der Waals surface area contributed by atoms with Crippen molar-refractivity contribution in [3.8, 4) is 11.5 Å². The quantitative estimate of drug-likeness (QED) is 0.420. The van der Waals surface area contributed by atoms with Gasteiger partial charge in [0.25, 0.3) is 0 Å². The van der Waals surface area contributed by atoms with Crippen molar-refractivity contribution in [3.63, 3.8) is 0 Å². The Morgan fingerprint density at radius 2 is 1.71 bits per heavy atom. The molecule has 3 aromatic rings. The van der Waals surface area contributed by atoms with E-state index in [1.165, 1.54) is 5.56 Å². The molecule has 0 bridgehead atoms. The zero-order valence-electron chi connectivity index (χ0n) is 17.7. The van der Waals surface area contributed by atoms with Crippen LogP contribution in [0.4, 0.5) is 0 Å². The highest BCUT2D eigenvalue weighted by Crippen LogP contribution is 2.47. The number of carbonyl (C=O) groups excluding carboxylic acids is 1. The lowest BCUT2D eigenvalue weighted by molar-refractivity contribution is -0.122. The molecule has 0 heterocycles. The second-order valence-electron chi connectivity index (χ2n) is 7.67. The molecule has 0 aromatic heterocycles. The van der Waals surface area contributed by atoms with Gasteiger partial charge in [0.15, 0.2) is 11.5 Å². The Morgan fingerprint density at radius 3 is 2.42 bits per heavy atom. The van der Waals surface area contributed by atoms with E-state index in [1.807, 2.05) is 73.7 Å². The van der Waals surface area contributed by atoms with Crippen molar-refractivity contribution in [2.45, 2.75) is 25.9 Å². The molecule has 0 radical (unpaired) electrons. The van der Waals surface area contributed by atoms with E-state index in [2.05, 4.69) is 22.7 Å². The number of hydrazone groups is 1. The number of amides is 1. The summed E-state index contributed by atoms with van der Waals surface area (Å²) in [6.45, 7) is 2.32. The summed E-state index contributed by atoms with van der Waals surface area (Å²) in [5.41, 5.74) is 6.58. The third kappa shape index (κ3) is 5.12. The van der Waals surface area contributed by atoms with Crippen molar-refractivity contribution >= 4 is 11.6 Å². The molecular weight excluding hydrogens is 388 g/mol. The highest BCUT2D eigenvalue weighted by molar-refractivity contribution is 6.00. The van der Waals surface area contributed by atoms with E-state index in [1.54, 1.807) is 7.11 Å². The van der Waals surface area contributed by atoms with Crippen LogP contribution in [0.3, 0.4) is 0 Å². The number of benzene rings is 3. The summed E-state index contributed by atoms with van der Waals surface area (Å²) >= 11 is 0. The van der Waals surface area contributed by atoms with Crippen LogP contribution < -0.4 is 14.9 Å². The van der Waals surface area contributed by atoms with Gasteiger partial charge < -0.3 is 9.47 Å². The molecule has 0 spiro atoms. The lowest BCUT2D eigenvalue weighted by Crippen LogP contribution is -2.21. The minimum absolute atomic E-state index is 0.0118. The highest BCUT2D eigenvalue weighted by Gasteiger charge is 2.43. The first-order chi connectivity index (χ1) is 15.2. The monoisotopic (exact) mass is 414 g/mol. The highest BCUT2D eigenvalue weighted by atomic mass is 16.5. The molecule has 1 saturated carbocycles. The van der Waals surface area contributed by atoms with Crippen LogP contribution in [0.5, 0.6) is 11.5 Å². The van der Waals surface area contributed by atoms with E-state index in [0.29, 0.717) is 23.8 Å². The molecule has 0 aliphatic heterocycles. The molecule has 1 aliphatic rings. The first-order valence-corrected chi connectivity index (χ1v) is 10.4. The van der Waals surface area contributed by atoms with Gasteiger partial charge in [-0.15, -0.1) is 0 Å². The smallest absolute Gasteiger partial charge is 0.243 e. The van der Waals surface area contributed by atoms with Crippen LogP contribution in [0.2, 0.25) is 0 Å². The third-order valence-corrected chi connectivity index (χ3v) is 5.51. The average molecular weight is 415 g/mol. The molecule has 31 heavy (non-hydrogen) atoms. The molecule has 0 saturated heterocycles. The van der Waals surface area contributed by atoms with Gasteiger partial charge in [-0.25, -0.2) is 5.43 Å². The van der Waals surface area contributed by atoms with Crippen LogP contribution in [-0.2, 0) is 11.4 Å². The number of ether oxygens (including phenoxy) is 2. The predicted octanol–water partition coefficient (Wildman–Crippen LogP) is 4.92. The summed E-state index contributed by atoms with van der Waals surface area (Å²) in [5, 5.41) is 4.30. The van der Waals surface area contributed by atoms with E-state index in [4.69, 9.17) is 9.47 Å². The molecule has 3 aromatic carbocycles. The Hall–Kier alpha value is -3.60. The number of methoxy groups -OCH3 is 1. The number of nitrogens with zero attached hydrogens (tertiary/aromatic N) is 1. The zero-order valence-corrected chi connectivity index (χ0v) is 17.7. The minimum Gasteiger partial charge on any atom is -0.493 e. The van der Waals surface area contributed by atoms with Gasteiger partial charge in [0.2, 0.25) is 5.91 Å². The maximum Gasteiger partial charge on any atom is 0.243 e. The standard InChI is InChI=1S/C26H26N2O3/c1-18(27-28-26(29)23-16-22(23)20-11-7-4-8-12-20)21-13-14-24(25(15-21)30-2)31-17-19-9-5-3-6-10-19/h3-15,22-23H,16-17H2,1-2H3,(H,28,29). The Kier molecular flexibility index (Phi) is 6.32. The summed E-state index contributed by atoms with van der Waals surface area (Å²) in [5.74, 6) is 1.53. The van der Waals surface area contributed by atoms with Gasteiger partial charge in [-0.05, 0) is 48.6 Å². The van der Waals surface area contributed by atoms with Crippen LogP contribution in [-0.4, -0.2) is 18.7 Å². The van der Waals surface area contributed by atoms with E-state index in [0.717, 1.165) is 17.5 Å². The molecule has 4 rings (SSSR count). The van der Waals surface area contributed by atoms with Crippen LogP contribution in [0.15, 0.2) is 84.0 Å². The summed E-state index contributed by atoms with van der Waals surface area (Å²) in [7, 11) is 1.61. The van der Waals surface area contributed by atoms with Gasteiger partial charge in [0.1, 0.15) is 6.61 Å². The lowest BCUT2D eigenvalue weighted by atomic mass is 10.1. The molecule has 5 heteroatoms. The summed E-state index contributed by atoms with van der Waals surface area (Å²) < 4.78 is 11.4. The normalized spacial score (nSPS) is 17.7. The Labute approximate surface area is 182 Å². The van der Waals surface area contributed by atoms with Gasteiger partial charge in [0.05, 0.1) is 12.8 Å². The second-order valence-corrected chi connectivity index (χ2v) is 7.67. The van der Waals surface area contributed by atoms with Gasteiger partial charge >= 0.3 is 0 Å².